The predicted octanol–water partition coefficient (Wildman–Crippen LogP) is 1.23. The minimum absolute atomic E-state index is 0.113. The summed E-state index contributed by atoms with van der Waals surface area (Å²) in [5, 5.41) is 11.5. The van der Waals surface area contributed by atoms with Crippen molar-refractivity contribution in [3.05, 3.63) is 17.8 Å². The number of hydrogen-bond acceptors (Lipinski definition) is 6. The highest BCUT2D eigenvalue weighted by molar-refractivity contribution is 5.78. The fourth-order valence-corrected chi connectivity index (χ4v) is 3.99. The van der Waals surface area contributed by atoms with E-state index in [2.05, 4.69) is 31.4 Å². The molecule has 0 aromatic carbocycles. The van der Waals surface area contributed by atoms with Crippen LogP contribution < -0.4 is 10.2 Å². The number of anilines is 1. The van der Waals surface area contributed by atoms with Crippen molar-refractivity contribution in [2.45, 2.75) is 38.6 Å². The lowest BCUT2D eigenvalue weighted by atomic mass is 9.93. The van der Waals surface area contributed by atoms with Gasteiger partial charge in [-0.1, -0.05) is 0 Å². The number of hydrogen-bond donors (Lipinski definition) is 1. The average molecular weight is 361 g/mol. The predicted molar refractivity (Wildman–Crippen MR) is 101 cm³/mol. The second kappa shape index (κ2) is 9.28. The summed E-state index contributed by atoms with van der Waals surface area (Å²) in [6, 6.07) is 4.65. The molecule has 26 heavy (non-hydrogen) atoms. The van der Waals surface area contributed by atoms with Crippen molar-refractivity contribution in [2.24, 2.45) is 5.92 Å². The van der Waals surface area contributed by atoms with E-state index in [1.807, 2.05) is 13.0 Å². The number of likely N-dealkylation sites (tertiary alicyclic amines) is 1. The number of ether oxygens (including phenoxy) is 1. The van der Waals surface area contributed by atoms with Crippen molar-refractivity contribution >= 4 is 11.7 Å². The molecule has 1 atom stereocenters. The summed E-state index contributed by atoms with van der Waals surface area (Å²) < 4.78 is 5.01. The van der Waals surface area contributed by atoms with E-state index in [4.69, 9.17) is 4.74 Å². The number of rotatable bonds is 6. The fourth-order valence-electron chi connectivity index (χ4n) is 3.99. The maximum absolute atomic E-state index is 12.3. The number of nitrogens with zero attached hydrogens (tertiary/aromatic N) is 4. The molecule has 144 valence electrons. The van der Waals surface area contributed by atoms with Gasteiger partial charge >= 0.3 is 0 Å². The van der Waals surface area contributed by atoms with Crippen LogP contribution in [0, 0.1) is 12.8 Å². The van der Waals surface area contributed by atoms with Crippen molar-refractivity contribution in [2.75, 3.05) is 51.3 Å². The average Bonchev–Trinajstić information content (AvgIpc) is 2.69. The number of piperidine rings is 2. The van der Waals surface area contributed by atoms with Gasteiger partial charge in [-0.15, -0.1) is 5.10 Å². The van der Waals surface area contributed by atoms with E-state index in [-0.39, 0.29) is 11.8 Å². The summed E-state index contributed by atoms with van der Waals surface area (Å²) >= 11 is 0. The molecule has 2 aliphatic rings. The van der Waals surface area contributed by atoms with Gasteiger partial charge in [0.2, 0.25) is 5.91 Å². The van der Waals surface area contributed by atoms with Gasteiger partial charge in [0.25, 0.3) is 0 Å². The maximum Gasteiger partial charge on any atom is 0.224 e. The van der Waals surface area contributed by atoms with Crippen LogP contribution in [0.25, 0.3) is 0 Å². The van der Waals surface area contributed by atoms with Crippen LogP contribution in [0.2, 0.25) is 0 Å². The quantitative estimate of drug-likeness (QED) is 0.769. The Morgan fingerprint density at radius 2 is 2.04 bits per heavy atom. The standard InChI is InChI=1S/C19H31N5O2/c1-15-5-6-18(22-21-15)23-11-7-17(8-12-23)24-10-3-4-16(14-24)19(25)20-9-13-26-2/h5-6,16-17H,3-4,7-14H2,1-2H3,(H,20,25)/t16-/m0/s1. The van der Waals surface area contributed by atoms with Gasteiger partial charge in [0.15, 0.2) is 5.82 Å². The molecule has 1 aromatic rings. The minimum atomic E-state index is 0.113. The van der Waals surface area contributed by atoms with Crippen LogP contribution in [0.1, 0.15) is 31.4 Å². The van der Waals surface area contributed by atoms with Crippen molar-refractivity contribution in [1.82, 2.24) is 20.4 Å². The molecule has 0 radical (unpaired) electrons. The van der Waals surface area contributed by atoms with Gasteiger partial charge < -0.3 is 15.0 Å². The molecule has 1 amide bonds. The molecule has 2 aliphatic heterocycles. The molecule has 0 bridgehead atoms. The Morgan fingerprint density at radius 1 is 1.23 bits per heavy atom. The van der Waals surface area contributed by atoms with Gasteiger partial charge in [-0.3, -0.25) is 9.69 Å². The fraction of sp³-hybridized carbons (Fsp3) is 0.737. The highest BCUT2D eigenvalue weighted by Crippen LogP contribution is 2.25. The Labute approximate surface area is 156 Å². The molecule has 3 rings (SSSR count). The molecule has 0 saturated carbocycles. The zero-order valence-corrected chi connectivity index (χ0v) is 16.0. The van der Waals surface area contributed by atoms with Crippen LogP contribution >= 0.6 is 0 Å². The Hall–Kier alpha value is -1.73. The van der Waals surface area contributed by atoms with E-state index in [9.17, 15) is 4.79 Å². The van der Waals surface area contributed by atoms with Gasteiger partial charge in [0.05, 0.1) is 18.2 Å². The smallest absolute Gasteiger partial charge is 0.224 e. The Kier molecular flexibility index (Phi) is 6.80. The zero-order valence-electron chi connectivity index (χ0n) is 16.0. The second-order valence-corrected chi connectivity index (χ2v) is 7.37. The molecule has 0 aliphatic carbocycles. The molecule has 0 spiro atoms. The third kappa shape index (κ3) is 4.92. The molecule has 7 nitrogen and oxygen atoms in total. The first-order chi connectivity index (χ1) is 12.7. The van der Waals surface area contributed by atoms with Gasteiger partial charge in [-0.25, -0.2) is 0 Å². The molecule has 7 heteroatoms. The summed E-state index contributed by atoms with van der Waals surface area (Å²) in [5.41, 5.74) is 0.951. The number of carbonyl (C=O) groups excluding carboxylic acids is 1. The number of amides is 1. The van der Waals surface area contributed by atoms with Crippen LogP contribution in [-0.4, -0.2) is 73.5 Å². The molecular weight excluding hydrogens is 330 g/mol. The van der Waals surface area contributed by atoms with E-state index in [1.165, 1.54) is 0 Å². The van der Waals surface area contributed by atoms with Crippen molar-refractivity contribution < 1.29 is 9.53 Å². The highest BCUT2D eigenvalue weighted by Gasteiger charge is 2.31. The van der Waals surface area contributed by atoms with Crippen LogP contribution in [0.5, 0.6) is 0 Å². The molecule has 1 N–H and O–H groups in total. The molecule has 0 unspecified atom stereocenters. The second-order valence-electron chi connectivity index (χ2n) is 7.37. The molecular formula is C19H31N5O2. The first kappa shape index (κ1) is 19.0. The first-order valence-corrected chi connectivity index (χ1v) is 9.73. The van der Waals surface area contributed by atoms with Gasteiger partial charge in [-0.05, 0) is 51.3 Å². The molecule has 2 saturated heterocycles. The Bertz CT molecular complexity index is 572. The lowest BCUT2D eigenvalue weighted by Crippen LogP contribution is -2.51. The number of aryl methyl sites for hydroxylation is 1. The van der Waals surface area contributed by atoms with E-state index in [0.717, 1.165) is 63.4 Å². The summed E-state index contributed by atoms with van der Waals surface area (Å²) in [6.07, 6.45) is 4.33. The third-order valence-electron chi connectivity index (χ3n) is 5.52. The maximum atomic E-state index is 12.3. The molecule has 3 heterocycles. The van der Waals surface area contributed by atoms with Crippen LogP contribution in [-0.2, 0) is 9.53 Å². The molecule has 2 fully saturated rings. The van der Waals surface area contributed by atoms with Gasteiger partial charge in [0, 0.05) is 39.3 Å². The summed E-state index contributed by atoms with van der Waals surface area (Å²) in [5.74, 6) is 1.27. The molecule has 1 aromatic heterocycles. The number of methoxy groups -OCH3 is 1. The van der Waals surface area contributed by atoms with Crippen molar-refractivity contribution in [1.29, 1.82) is 0 Å². The normalized spacial score (nSPS) is 22.4. The Balaban J connectivity index is 1.47. The number of nitrogens with one attached hydrogen (secondary N) is 1. The van der Waals surface area contributed by atoms with E-state index in [0.29, 0.717) is 19.2 Å². The van der Waals surface area contributed by atoms with E-state index in [1.54, 1.807) is 7.11 Å². The van der Waals surface area contributed by atoms with Crippen LogP contribution in [0.4, 0.5) is 5.82 Å². The van der Waals surface area contributed by atoms with E-state index >= 15 is 0 Å². The summed E-state index contributed by atoms with van der Waals surface area (Å²) in [6.45, 7) is 7.13. The van der Waals surface area contributed by atoms with Crippen molar-refractivity contribution in [3.63, 3.8) is 0 Å². The topological polar surface area (TPSA) is 70.6 Å². The third-order valence-corrected chi connectivity index (χ3v) is 5.52. The van der Waals surface area contributed by atoms with E-state index < -0.39 is 0 Å². The van der Waals surface area contributed by atoms with Gasteiger partial charge in [-0.2, -0.15) is 5.10 Å². The Morgan fingerprint density at radius 3 is 2.73 bits per heavy atom. The zero-order chi connectivity index (χ0) is 18.4. The highest BCUT2D eigenvalue weighted by atomic mass is 16.5. The SMILES string of the molecule is COCCNC(=O)[C@H]1CCCN(C2CCN(c3ccc(C)nn3)CC2)C1. The largest absolute Gasteiger partial charge is 0.383 e. The van der Waals surface area contributed by atoms with Gasteiger partial charge in [0.1, 0.15) is 0 Å². The van der Waals surface area contributed by atoms with Crippen molar-refractivity contribution in [3.8, 4) is 0 Å². The van der Waals surface area contributed by atoms with Crippen LogP contribution in [0.15, 0.2) is 12.1 Å². The number of carbonyl (C=O) groups is 1. The number of aromatic nitrogens is 2. The minimum Gasteiger partial charge on any atom is -0.383 e. The summed E-state index contributed by atoms with van der Waals surface area (Å²) in [7, 11) is 1.66. The monoisotopic (exact) mass is 361 g/mol. The lowest BCUT2D eigenvalue weighted by molar-refractivity contribution is -0.127. The summed E-state index contributed by atoms with van der Waals surface area (Å²) in [4.78, 5) is 17.2. The van der Waals surface area contributed by atoms with Crippen LogP contribution in [0.3, 0.4) is 0 Å². The lowest BCUT2D eigenvalue weighted by Gasteiger charge is -2.42. The first-order valence-electron chi connectivity index (χ1n) is 9.73.